The minimum atomic E-state index is 0.942. The van der Waals surface area contributed by atoms with Crippen molar-refractivity contribution in [2.24, 2.45) is 0 Å². The largest absolute Gasteiger partial charge is 0.311 e. The van der Waals surface area contributed by atoms with Crippen LogP contribution in [-0.2, 0) is 19.5 Å². The molecule has 1 rings (SSSR count). The lowest BCUT2D eigenvalue weighted by atomic mass is 10.3. The van der Waals surface area contributed by atoms with Crippen LogP contribution in [0.2, 0.25) is 0 Å². The molecule has 0 aromatic carbocycles. The highest BCUT2D eigenvalue weighted by molar-refractivity contribution is 14.1. The van der Waals surface area contributed by atoms with Crippen LogP contribution in [0.25, 0.3) is 0 Å². The van der Waals surface area contributed by atoms with Crippen molar-refractivity contribution >= 4 is 22.6 Å². The van der Waals surface area contributed by atoms with E-state index in [0.29, 0.717) is 0 Å². The molecule has 0 atom stereocenters. The van der Waals surface area contributed by atoms with Crippen molar-refractivity contribution in [1.82, 2.24) is 15.1 Å². The van der Waals surface area contributed by atoms with Crippen molar-refractivity contribution in [1.29, 1.82) is 0 Å². The summed E-state index contributed by atoms with van der Waals surface area (Å²) in [5.74, 6) is 0. The first kappa shape index (κ1) is 13.0. The van der Waals surface area contributed by atoms with Gasteiger partial charge in [0.2, 0.25) is 0 Å². The van der Waals surface area contributed by atoms with E-state index in [1.54, 1.807) is 0 Å². The summed E-state index contributed by atoms with van der Waals surface area (Å²) in [7, 11) is 0. The number of hydrogen-bond acceptors (Lipinski definition) is 2. The molecule has 0 bridgehead atoms. The van der Waals surface area contributed by atoms with E-state index in [1.165, 1.54) is 22.2 Å². The van der Waals surface area contributed by atoms with Crippen LogP contribution < -0.4 is 5.32 Å². The Bertz CT molecular complexity index is 283. The summed E-state index contributed by atoms with van der Waals surface area (Å²) < 4.78 is 3.31. The van der Waals surface area contributed by atoms with Gasteiger partial charge in [0.1, 0.15) is 0 Å². The fraction of sp³-hybridized carbons (Fsp3) is 0.727. The molecule has 0 unspecified atom stereocenters. The average molecular weight is 321 g/mol. The van der Waals surface area contributed by atoms with E-state index < -0.39 is 0 Å². The third kappa shape index (κ3) is 4.10. The molecule has 86 valence electrons. The third-order valence-corrected chi connectivity index (χ3v) is 3.13. The van der Waals surface area contributed by atoms with Gasteiger partial charge in [-0.05, 0) is 32.4 Å². The maximum absolute atomic E-state index is 4.52. The van der Waals surface area contributed by atoms with E-state index >= 15 is 0 Å². The molecule has 1 N–H and O–H groups in total. The highest BCUT2D eigenvalue weighted by atomic mass is 127. The summed E-state index contributed by atoms with van der Waals surface area (Å²) in [4.78, 5) is 0. The van der Waals surface area contributed by atoms with Gasteiger partial charge in [0.25, 0.3) is 0 Å². The normalized spacial score (nSPS) is 10.9. The summed E-state index contributed by atoms with van der Waals surface area (Å²) >= 11 is 2.41. The first-order valence-corrected chi connectivity index (χ1v) is 7.16. The fourth-order valence-electron chi connectivity index (χ4n) is 1.51. The number of hydrogen-bond donors (Lipinski definition) is 1. The SMILES string of the molecule is CCc1cc(CNCCCI)n(CC)n1. The van der Waals surface area contributed by atoms with Gasteiger partial charge in [-0.1, -0.05) is 29.5 Å². The van der Waals surface area contributed by atoms with Crippen molar-refractivity contribution in [3.05, 3.63) is 17.5 Å². The van der Waals surface area contributed by atoms with E-state index in [-0.39, 0.29) is 0 Å². The van der Waals surface area contributed by atoms with Gasteiger partial charge in [-0.3, -0.25) is 4.68 Å². The van der Waals surface area contributed by atoms with E-state index in [9.17, 15) is 0 Å². The van der Waals surface area contributed by atoms with Crippen LogP contribution in [0.5, 0.6) is 0 Å². The Morgan fingerprint density at radius 3 is 2.87 bits per heavy atom. The molecule has 1 heterocycles. The van der Waals surface area contributed by atoms with Crippen molar-refractivity contribution in [3.8, 4) is 0 Å². The third-order valence-electron chi connectivity index (χ3n) is 2.37. The van der Waals surface area contributed by atoms with Gasteiger partial charge >= 0.3 is 0 Å². The zero-order chi connectivity index (χ0) is 11.1. The van der Waals surface area contributed by atoms with Gasteiger partial charge in [-0.15, -0.1) is 0 Å². The maximum atomic E-state index is 4.52. The molecule has 0 saturated carbocycles. The summed E-state index contributed by atoms with van der Waals surface area (Å²) in [6, 6.07) is 2.21. The second-order valence-corrected chi connectivity index (χ2v) is 4.59. The quantitative estimate of drug-likeness (QED) is 0.475. The van der Waals surface area contributed by atoms with Crippen LogP contribution >= 0.6 is 22.6 Å². The van der Waals surface area contributed by atoms with Crippen LogP contribution in [-0.4, -0.2) is 20.8 Å². The number of nitrogens with zero attached hydrogens (tertiary/aromatic N) is 2. The molecule has 0 aliphatic heterocycles. The van der Waals surface area contributed by atoms with Crippen LogP contribution in [0.15, 0.2) is 6.07 Å². The van der Waals surface area contributed by atoms with Crippen LogP contribution in [0.3, 0.4) is 0 Å². The van der Waals surface area contributed by atoms with Gasteiger partial charge in [0.05, 0.1) is 11.4 Å². The molecule has 0 saturated heterocycles. The number of alkyl halides is 1. The van der Waals surface area contributed by atoms with Crippen molar-refractivity contribution in [2.75, 3.05) is 11.0 Å². The second-order valence-electron chi connectivity index (χ2n) is 3.52. The maximum Gasteiger partial charge on any atom is 0.0625 e. The van der Waals surface area contributed by atoms with E-state index in [4.69, 9.17) is 0 Å². The standard InChI is InChI=1S/C11H20IN3/c1-3-10-8-11(15(4-2)14-10)9-13-7-5-6-12/h8,13H,3-7,9H2,1-2H3. The lowest BCUT2D eigenvalue weighted by Crippen LogP contribution is -2.17. The predicted octanol–water partition coefficient (Wildman–Crippen LogP) is 2.38. The number of halogens is 1. The average Bonchev–Trinajstić information content (AvgIpc) is 2.67. The van der Waals surface area contributed by atoms with Gasteiger partial charge < -0.3 is 5.32 Å². The highest BCUT2D eigenvalue weighted by Gasteiger charge is 2.04. The van der Waals surface area contributed by atoms with Crippen molar-refractivity contribution < 1.29 is 0 Å². The van der Waals surface area contributed by atoms with Crippen molar-refractivity contribution in [3.63, 3.8) is 0 Å². The molecule has 0 amide bonds. The smallest absolute Gasteiger partial charge is 0.0625 e. The van der Waals surface area contributed by atoms with Gasteiger partial charge in [0, 0.05) is 17.5 Å². The Morgan fingerprint density at radius 2 is 2.27 bits per heavy atom. The summed E-state index contributed by atoms with van der Waals surface area (Å²) in [5.41, 5.74) is 2.50. The highest BCUT2D eigenvalue weighted by Crippen LogP contribution is 2.05. The molecule has 15 heavy (non-hydrogen) atoms. The van der Waals surface area contributed by atoms with E-state index in [1.807, 2.05) is 0 Å². The van der Waals surface area contributed by atoms with Crippen LogP contribution in [0.1, 0.15) is 31.7 Å². The predicted molar refractivity (Wildman–Crippen MR) is 72.5 cm³/mol. The Morgan fingerprint density at radius 1 is 1.47 bits per heavy atom. The first-order valence-electron chi connectivity index (χ1n) is 5.64. The molecule has 0 radical (unpaired) electrons. The zero-order valence-electron chi connectivity index (χ0n) is 9.59. The molecule has 0 fully saturated rings. The van der Waals surface area contributed by atoms with E-state index in [0.717, 1.165) is 26.1 Å². The van der Waals surface area contributed by atoms with Crippen molar-refractivity contribution in [2.45, 2.75) is 39.8 Å². The Kier molecular flexibility index (Phi) is 6.24. The Hall–Kier alpha value is -0.100. The Labute approximate surface area is 106 Å². The van der Waals surface area contributed by atoms with E-state index in [2.05, 4.69) is 57.6 Å². The lowest BCUT2D eigenvalue weighted by Gasteiger charge is -2.05. The topological polar surface area (TPSA) is 29.9 Å². The molecule has 1 aromatic heterocycles. The number of aromatic nitrogens is 2. The molecule has 4 heteroatoms. The monoisotopic (exact) mass is 321 g/mol. The molecule has 3 nitrogen and oxygen atoms in total. The Balaban J connectivity index is 2.47. The van der Waals surface area contributed by atoms with Crippen LogP contribution in [0.4, 0.5) is 0 Å². The lowest BCUT2D eigenvalue weighted by molar-refractivity contribution is 0.577. The second kappa shape index (κ2) is 7.22. The summed E-state index contributed by atoms with van der Waals surface area (Å²) in [5, 5.41) is 7.97. The number of rotatable bonds is 7. The zero-order valence-corrected chi connectivity index (χ0v) is 11.7. The van der Waals surface area contributed by atoms with Crippen LogP contribution in [0, 0.1) is 0 Å². The molecule has 0 spiro atoms. The van der Waals surface area contributed by atoms with Gasteiger partial charge in [-0.2, -0.15) is 5.10 Å². The molecular weight excluding hydrogens is 301 g/mol. The molecular formula is C11H20IN3. The minimum absolute atomic E-state index is 0.942. The first-order chi connectivity index (χ1) is 7.31. The van der Waals surface area contributed by atoms with Gasteiger partial charge in [0.15, 0.2) is 0 Å². The fourth-order valence-corrected chi connectivity index (χ4v) is 1.89. The van der Waals surface area contributed by atoms with Gasteiger partial charge in [-0.25, -0.2) is 0 Å². The molecule has 0 aliphatic carbocycles. The molecule has 1 aromatic rings. The number of nitrogens with one attached hydrogen (secondary N) is 1. The minimum Gasteiger partial charge on any atom is -0.311 e. The molecule has 0 aliphatic rings. The summed E-state index contributed by atoms with van der Waals surface area (Å²) in [6.45, 7) is 7.29. The number of aryl methyl sites for hydroxylation is 2. The summed E-state index contributed by atoms with van der Waals surface area (Å²) in [6.07, 6.45) is 2.26.